The van der Waals surface area contributed by atoms with Gasteiger partial charge in [-0.05, 0) is 32.0 Å². The van der Waals surface area contributed by atoms with Crippen molar-refractivity contribution in [2.75, 3.05) is 14.2 Å². The van der Waals surface area contributed by atoms with E-state index in [1.165, 1.54) is 17.5 Å². The molecule has 102 valence electrons. The number of methoxy groups -OCH3 is 1. The molecule has 1 aromatic carbocycles. The zero-order valence-electron chi connectivity index (χ0n) is 11.0. The maximum atomic E-state index is 12.3. The second kappa shape index (κ2) is 5.91. The monoisotopic (exact) mass is 291 g/mol. The van der Waals surface area contributed by atoms with Crippen LogP contribution in [0.5, 0.6) is 5.75 Å². The number of hydrogen-bond donors (Lipinski definition) is 0. The summed E-state index contributed by atoms with van der Waals surface area (Å²) in [6, 6.07) is 4.61. The zero-order valence-corrected chi connectivity index (χ0v) is 12.5. The minimum Gasteiger partial charge on any atom is -0.496 e. The van der Waals surface area contributed by atoms with Crippen LogP contribution in [-0.4, -0.2) is 32.9 Å². The van der Waals surface area contributed by atoms with Gasteiger partial charge >= 0.3 is 0 Å². The standard InChI is InChI=1S/C12H18ClNO3S/c1-9(2)14(3)18(15,16)11-5-6-12(17-4)10(7-11)8-13/h5-7,9H,8H2,1-4H3. The fraction of sp³-hybridized carbons (Fsp3) is 0.500. The van der Waals surface area contributed by atoms with Gasteiger partial charge in [-0.25, -0.2) is 8.42 Å². The number of sulfonamides is 1. The fourth-order valence-electron chi connectivity index (χ4n) is 1.46. The first-order valence-corrected chi connectivity index (χ1v) is 7.53. The van der Waals surface area contributed by atoms with Gasteiger partial charge in [0.25, 0.3) is 0 Å². The molecule has 0 heterocycles. The first-order chi connectivity index (χ1) is 8.34. The third-order valence-electron chi connectivity index (χ3n) is 2.80. The van der Waals surface area contributed by atoms with Gasteiger partial charge in [-0.15, -0.1) is 11.6 Å². The van der Waals surface area contributed by atoms with Crippen LogP contribution in [0.15, 0.2) is 23.1 Å². The van der Waals surface area contributed by atoms with Crippen molar-refractivity contribution in [3.05, 3.63) is 23.8 Å². The smallest absolute Gasteiger partial charge is 0.243 e. The highest BCUT2D eigenvalue weighted by Crippen LogP contribution is 2.25. The number of ether oxygens (including phenoxy) is 1. The van der Waals surface area contributed by atoms with Crippen molar-refractivity contribution in [2.45, 2.75) is 30.7 Å². The Morgan fingerprint density at radius 2 is 2.00 bits per heavy atom. The summed E-state index contributed by atoms with van der Waals surface area (Å²) in [6.07, 6.45) is 0. The van der Waals surface area contributed by atoms with E-state index in [9.17, 15) is 8.42 Å². The Morgan fingerprint density at radius 1 is 1.39 bits per heavy atom. The minimum atomic E-state index is -3.48. The van der Waals surface area contributed by atoms with E-state index >= 15 is 0 Å². The van der Waals surface area contributed by atoms with Gasteiger partial charge in [-0.1, -0.05) is 0 Å². The number of hydrogen-bond acceptors (Lipinski definition) is 3. The van der Waals surface area contributed by atoms with Crippen molar-refractivity contribution in [1.29, 1.82) is 0 Å². The molecule has 1 aromatic rings. The summed E-state index contributed by atoms with van der Waals surface area (Å²) in [7, 11) is -0.389. The van der Waals surface area contributed by atoms with Crippen LogP contribution in [0, 0.1) is 0 Å². The first kappa shape index (κ1) is 15.3. The second-order valence-corrected chi connectivity index (χ2v) is 6.49. The van der Waals surface area contributed by atoms with E-state index in [0.717, 1.165) is 0 Å². The summed E-state index contributed by atoms with van der Waals surface area (Å²) in [5.74, 6) is 0.800. The van der Waals surface area contributed by atoms with Gasteiger partial charge in [-0.2, -0.15) is 4.31 Å². The number of halogens is 1. The highest BCUT2D eigenvalue weighted by Gasteiger charge is 2.23. The van der Waals surface area contributed by atoms with Crippen molar-refractivity contribution in [3.63, 3.8) is 0 Å². The molecule has 6 heteroatoms. The lowest BCUT2D eigenvalue weighted by atomic mass is 10.2. The van der Waals surface area contributed by atoms with E-state index in [-0.39, 0.29) is 16.8 Å². The zero-order chi connectivity index (χ0) is 13.9. The molecule has 0 N–H and O–H groups in total. The molecule has 0 aromatic heterocycles. The molecule has 4 nitrogen and oxygen atoms in total. The molecule has 0 aliphatic heterocycles. The normalized spacial score (nSPS) is 12.2. The highest BCUT2D eigenvalue weighted by molar-refractivity contribution is 7.89. The second-order valence-electron chi connectivity index (χ2n) is 4.22. The van der Waals surface area contributed by atoms with Gasteiger partial charge in [-0.3, -0.25) is 0 Å². The predicted octanol–water partition coefficient (Wildman–Crippen LogP) is 2.46. The Hall–Kier alpha value is -0.780. The van der Waals surface area contributed by atoms with Crippen LogP contribution in [-0.2, 0) is 15.9 Å². The average Bonchev–Trinajstić information content (AvgIpc) is 2.36. The lowest BCUT2D eigenvalue weighted by Crippen LogP contribution is -2.33. The summed E-state index contributed by atoms with van der Waals surface area (Å²) in [5.41, 5.74) is 0.664. The van der Waals surface area contributed by atoms with Gasteiger partial charge in [0, 0.05) is 18.7 Å². The highest BCUT2D eigenvalue weighted by atomic mass is 35.5. The van der Waals surface area contributed by atoms with E-state index in [1.807, 2.05) is 13.8 Å². The minimum absolute atomic E-state index is 0.100. The van der Waals surface area contributed by atoms with Crippen LogP contribution in [0.1, 0.15) is 19.4 Å². The van der Waals surface area contributed by atoms with E-state index in [4.69, 9.17) is 16.3 Å². The molecule has 0 aliphatic carbocycles. The Morgan fingerprint density at radius 3 is 2.44 bits per heavy atom. The maximum Gasteiger partial charge on any atom is 0.243 e. The predicted molar refractivity (Wildman–Crippen MR) is 72.6 cm³/mol. The summed E-state index contributed by atoms with van der Waals surface area (Å²) in [5, 5.41) is 0. The molecule has 0 saturated heterocycles. The quantitative estimate of drug-likeness (QED) is 0.783. The number of alkyl halides is 1. The molecule has 0 radical (unpaired) electrons. The van der Waals surface area contributed by atoms with Crippen molar-refractivity contribution in [1.82, 2.24) is 4.31 Å². The van der Waals surface area contributed by atoms with Gasteiger partial charge in [0.15, 0.2) is 0 Å². The molecule has 18 heavy (non-hydrogen) atoms. The Labute approximate surface area is 114 Å². The Bertz CT molecular complexity index is 514. The number of rotatable bonds is 5. The van der Waals surface area contributed by atoms with Crippen LogP contribution in [0.3, 0.4) is 0 Å². The molecule has 0 unspecified atom stereocenters. The molecule has 0 amide bonds. The maximum absolute atomic E-state index is 12.3. The molecular formula is C12H18ClNO3S. The Kier molecular flexibility index (Phi) is 5.01. The first-order valence-electron chi connectivity index (χ1n) is 5.55. The van der Waals surface area contributed by atoms with Crippen molar-refractivity contribution in [2.24, 2.45) is 0 Å². The largest absolute Gasteiger partial charge is 0.496 e. The molecule has 0 saturated carbocycles. The van der Waals surface area contributed by atoms with Crippen LogP contribution in [0.25, 0.3) is 0 Å². The lowest BCUT2D eigenvalue weighted by molar-refractivity contribution is 0.407. The molecule has 0 spiro atoms. The molecular weight excluding hydrogens is 274 g/mol. The van der Waals surface area contributed by atoms with E-state index in [2.05, 4.69) is 0 Å². The van der Waals surface area contributed by atoms with Gasteiger partial charge in [0.1, 0.15) is 5.75 Å². The van der Waals surface area contributed by atoms with Crippen molar-refractivity contribution >= 4 is 21.6 Å². The van der Waals surface area contributed by atoms with Gasteiger partial charge < -0.3 is 4.74 Å². The van der Waals surface area contributed by atoms with E-state index in [0.29, 0.717) is 11.3 Å². The summed E-state index contributed by atoms with van der Waals surface area (Å²) in [6.45, 7) is 3.65. The van der Waals surface area contributed by atoms with Crippen molar-refractivity contribution < 1.29 is 13.2 Å². The average molecular weight is 292 g/mol. The molecule has 0 atom stereocenters. The van der Waals surface area contributed by atoms with Gasteiger partial charge in [0.2, 0.25) is 10.0 Å². The summed E-state index contributed by atoms with van der Waals surface area (Å²) < 4.78 is 31.0. The lowest BCUT2D eigenvalue weighted by Gasteiger charge is -2.21. The van der Waals surface area contributed by atoms with Crippen LogP contribution >= 0.6 is 11.6 Å². The summed E-state index contributed by atoms with van der Waals surface area (Å²) in [4.78, 5) is 0.232. The SMILES string of the molecule is COc1ccc(S(=O)(=O)N(C)C(C)C)cc1CCl. The molecule has 0 bridgehead atoms. The van der Waals surface area contributed by atoms with E-state index < -0.39 is 10.0 Å². The van der Waals surface area contributed by atoms with Gasteiger partial charge in [0.05, 0.1) is 17.9 Å². The summed E-state index contributed by atoms with van der Waals surface area (Å²) >= 11 is 5.79. The van der Waals surface area contributed by atoms with Crippen molar-refractivity contribution in [3.8, 4) is 5.75 Å². The molecule has 0 fully saturated rings. The molecule has 1 rings (SSSR count). The third-order valence-corrected chi connectivity index (χ3v) is 5.12. The topological polar surface area (TPSA) is 46.6 Å². The fourth-order valence-corrected chi connectivity index (χ4v) is 3.09. The van der Waals surface area contributed by atoms with Crippen LogP contribution in [0.2, 0.25) is 0 Å². The number of benzene rings is 1. The van der Waals surface area contributed by atoms with E-state index in [1.54, 1.807) is 19.2 Å². The molecule has 0 aliphatic rings. The van der Waals surface area contributed by atoms with Crippen LogP contribution in [0.4, 0.5) is 0 Å². The third kappa shape index (κ3) is 2.96. The van der Waals surface area contributed by atoms with Crippen LogP contribution < -0.4 is 4.74 Å². The Balaban J connectivity index is 3.26. The number of nitrogens with zero attached hydrogens (tertiary/aromatic N) is 1.